The molecule has 1 aliphatic heterocycles. The molecule has 1 aromatic rings. The maximum absolute atomic E-state index is 12.5. The highest BCUT2D eigenvalue weighted by Crippen LogP contribution is 2.32. The standard InChI is InChI=1S/C18H22N2O4S2/c1-19(2)10-11-24-16(21)8-9-20-17(22)15(26-18(20)25)12-13-4-6-14(23-3)7-5-13/h4-7,12H,8-11H2,1-3H3. The molecule has 1 aliphatic rings. The molecule has 1 amide bonds. The van der Waals surface area contributed by atoms with Crippen molar-refractivity contribution in [2.24, 2.45) is 0 Å². The molecule has 0 N–H and O–H groups in total. The van der Waals surface area contributed by atoms with Crippen LogP contribution in [0.3, 0.4) is 0 Å². The van der Waals surface area contributed by atoms with Crippen molar-refractivity contribution in [1.82, 2.24) is 9.80 Å². The van der Waals surface area contributed by atoms with Crippen LogP contribution in [0.1, 0.15) is 12.0 Å². The highest BCUT2D eigenvalue weighted by Gasteiger charge is 2.32. The number of carbonyl (C=O) groups excluding carboxylic acids is 2. The predicted octanol–water partition coefficient (Wildman–Crippen LogP) is 2.39. The summed E-state index contributed by atoms with van der Waals surface area (Å²) in [7, 11) is 5.41. The zero-order valence-electron chi connectivity index (χ0n) is 15.1. The van der Waals surface area contributed by atoms with Crippen molar-refractivity contribution in [2.75, 3.05) is 40.9 Å². The van der Waals surface area contributed by atoms with Gasteiger partial charge in [-0.1, -0.05) is 36.1 Å². The Kier molecular flexibility index (Phi) is 7.62. The Morgan fingerprint density at radius 1 is 1.31 bits per heavy atom. The first-order valence-electron chi connectivity index (χ1n) is 8.10. The van der Waals surface area contributed by atoms with Crippen LogP contribution in [0.15, 0.2) is 29.2 Å². The van der Waals surface area contributed by atoms with Crippen molar-refractivity contribution in [3.05, 3.63) is 34.7 Å². The molecule has 1 fully saturated rings. The van der Waals surface area contributed by atoms with Crippen molar-refractivity contribution >= 4 is 46.3 Å². The minimum atomic E-state index is -0.333. The van der Waals surface area contributed by atoms with E-state index in [0.29, 0.717) is 22.4 Å². The lowest BCUT2D eigenvalue weighted by molar-refractivity contribution is -0.144. The van der Waals surface area contributed by atoms with Gasteiger partial charge in [0.15, 0.2) is 0 Å². The Bertz CT molecular complexity index is 702. The minimum Gasteiger partial charge on any atom is -0.497 e. The molecule has 140 valence electrons. The van der Waals surface area contributed by atoms with E-state index in [1.807, 2.05) is 43.3 Å². The van der Waals surface area contributed by atoms with Gasteiger partial charge in [-0.3, -0.25) is 14.5 Å². The summed E-state index contributed by atoms with van der Waals surface area (Å²) in [5, 5.41) is 0. The van der Waals surface area contributed by atoms with Gasteiger partial charge >= 0.3 is 5.97 Å². The number of esters is 1. The first-order chi connectivity index (χ1) is 12.4. The minimum absolute atomic E-state index is 0.121. The second-order valence-corrected chi connectivity index (χ2v) is 7.56. The van der Waals surface area contributed by atoms with Gasteiger partial charge in [-0.05, 0) is 37.9 Å². The van der Waals surface area contributed by atoms with Crippen LogP contribution in [0.5, 0.6) is 5.75 Å². The fourth-order valence-corrected chi connectivity index (χ4v) is 3.47. The zero-order valence-corrected chi connectivity index (χ0v) is 16.7. The molecule has 26 heavy (non-hydrogen) atoms. The molecule has 1 aromatic carbocycles. The summed E-state index contributed by atoms with van der Waals surface area (Å²) in [5.41, 5.74) is 0.884. The number of nitrogens with zero attached hydrogens (tertiary/aromatic N) is 2. The lowest BCUT2D eigenvalue weighted by Crippen LogP contribution is -2.31. The lowest BCUT2D eigenvalue weighted by atomic mass is 10.2. The summed E-state index contributed by atoms with van der Waals surface area (Å²) < 4.78 is 10.7. The summed E-state index contributed by atoms with van der Waals surface area (Å²) in [6, 6.07) is 7.40. The van der Waals surface area contributed by atoms with Gasteiger partial charge in [0, 0.05) is 13.1 Å². The third-order valence-electron chi connectivity index (χ3n) is 3.63. The average Bonchev–Trinajstić information content (AvgIpc) is 2.87. The summed E-state index contributed by atoms with van der Waals surface area (Å²) >= 11 is 6.51. The molecular weight excluding hydrogens is 372 g/mol. The van der Waals surface area contributed by atoms with Gasteiger partial charge < -0.3 is 14.4 Å². The number of hydrogen-bond acceptors (Lipinski definition) is 7. The Labute approximate surface area is 163 Å². The quantitative estimate of drug-likeness (QED) is 0.381. The van der Waals surface area contributed by atoms with Crippen LogP contribution >= 0.6 is 24.0 Å². The van der Waals surface area contributed by atoms with Gasteiger partial charge in [-0.2, -0.15) is 0 Å². The maximum Gasteiger partial charge on any atom is 0.307 e. The van der Waals surface area contributed by atoms with Gasteiger partial charge in [-0.25, -0.2) is 0 Å². The number of thiocarbonyl (C=S) groups is 1. The number of carbonyl (C=O) groups is 2. The van der Waals surface area contributed by atoms with E-state index in [1.165, 1.54) is 16.7 Å². The van der Waals surface area contributed by atoms with Crippen molar-refractivity contribution in [2.45, 2.75) is 6.42 Å². The average molecular weight is 395 g/mol. The number of ether oxygens (including phenoxy) is 2. The molecule has 2 rings (SSSR count). The fraction of sp³-hybridized carbons (Fsp3) is 0.389. The second kappa shape index (κ2) is 9.70. The molecule has 0 bridgehead atoms. The molecule has 0 atom stereocenters. The van der Waals surface area contributed by atoms with Crippen molar-refractivity contribution in [3.8, 4) is 5.75 Å². The van der Waals surface area contributed by atoms with Crippen LogP contribution in [0.4, 0.5) is 0 Å². The number of likely N-dealkylation sites (N-methyl/N-ethyl adjacent to an activating group) is 1. The van der Waals surface area contributed by atoms with E-state index >= 15 is 0 Å². The van der Waals surface area contributed by atoms with Gasteiger partial charge in [0.25, 0.3) is 5.91 Å². The lowest BCUT2D eigenvalue weighted by Gasteiger charge is -2.14. The number of thioether (sulfide) groups is 1. The van der Waals surface area contributed by atoms with E-state index in [2.05, 4.69) is 0 Å². The fourth-order valence-electron chi connectivity index (χ4n) is 2.16. The normalized spacial score (nSPS) is 15.8. The SMILES string of the molecule is COc1ccc(C=C2SC(=S)N(CCC(=O)OCCN(C)C)C2=O)cc1. The highest BCUT2D eigenvalue weighted by atomic mass is 32.2. The molecule has 0 aromatic heterocycles. The van der Waals surface area contributed by atoms with E-state index in [4.69, 9.17) is 21.7 Å². The summed E-state index contributed by atoms with van der Waals surface area (Å²) in [6.45, 7) is 1.23. The highest BCUT2D eigenvalue weighted by molar-refractivity contribution is 8.26. The summed E-state index contributed by atoms with van der Waals surface area (Å²) in [6.07, 6.45) is 1.91. The molecule has 6 nitrogen and oxygen atoms in total. The van der Waals surface area contributed by atoms with Gasteiger partial charge in [-0.15, -0.1) is 0 Å². The number of hydrogen-bond donors (Lipinski definition) is 0. The topological polar surface area (TPSA) is 59.1 Å². The third-order valence-corrected chi connectivity index (χ3v) is 5.01. The Balaban J connectivity index is 1.91. The number of amides is 1. The molecule has 0 radical (unpaired) electrons. The summed E-state index contributed by atoms with van der Waals surface area (Å²) in [4.78, 5) is 28.2. The first-order valence-corrected chi connectivity index (χ1v) is 9.33. The number of benzene rings is 1. The molecule has 0 saturated carbocycles. The van der Waals surface area contributed by atoms with Crippen molar-refractivity contribution in [3.63, 3.8) is 0 Å². The van der Waals surface area contributed by atoms with Crippen LogP contribution < -0.4 is 4.74 Å². The molecule has 8 heteroatoms. The van der Waals surface area contributed by atoms with Gasteiger partial charge in [0.05, 0.1) is 18.4 Å². The Morgan fingerprint density at radius 3 is 2.62 bits per heavy atom. The molecule has 0 aliphatic carbocycles. The molecule has 0 unspecified atom stereocenters. The summed E-state index contributed by atoms with van der Waals surface area (Å²) in [5.74, 6) is 0.236. The smallest absolute Gasteiger partial charge is 0.307 e. The molecule has 0 spiro atoms. The third kappa shape index (κ3) is 5.82. The van der Waals surface area contributed by atoms with Gasteiger partial charge in [0.2, 0.25) is 0 Å². The van der Waals surface area contributed by atoms with E-state index in [1.54, 1.807) is 13.2 Å². The maximum atomic E-state index is 12.5. The molecule has 1 saturated heterocycles. The van der Waals surface area contributed by atoms with Crippen LogP contribution in [-0.4, -0.2) is 66.9 Å². The molecular formula is C18H22N2O4S2. The number of methoxy groups -OCH3 is 1. The van der Waals surface area contributed by atoms with Crippen LogP contribution in [-0.2, 0) is 14.3 Å². The largest absolute Gasteiger partial charge is 0.497 e. The van der Waals surface area contributed by atoms with Crippen LogP contribution in [0.2, 0.25) is 0 Å². The van der Waals surface area contributed by atoms with E-state index in [0.717, 1.165) is 11.3 Å². The second-order valence-electron chi connectivity index (χ2n) is 5.88. The first kappa shape index (κ1) is 20.4. The van der Waals surface area contributed by atoms with Crippen molar-refractivity contribution < 1.29 is 19.1 Å². The zero-order chi connectivity index (χ0) is 19.1. The van der Waals surface area contributed by atoms with E-state index < -0.39 is 0 Å². The van der Waals surface area contributed by atoms with Crippen LogP contribution in [0.25, 0.3) is 6.08 Å². The van der Waals surface area contributed by atoms with Crippen molar-refractivity contribution in [1.29, 1.82) is 0 Å². The van der Waals surface area contributed by atoms with E-state index in [-0.39, 0.29) is 24.8 Å². The Morgan fingerprint density at radius 2 is 2.00 bits per heavy atom. The monoisotopic (exact) mass is 394 g/mol. The predicted molar refractivity (Wildman–Crippen MR) is 107 cm³/mol. The van der Waals surface area contributed by atoms with Gasteiger partial charge in [0.1, 0.15) is 16.7 Å². The Hall–Kier alpha value is -1.90. The molecule has 1 heterocycles. The number of rotatable bonds is 8. The van der Waals surface area contributed by atoms with Crippen LogP contribution in [0, 0.1) is 0 Å². The van der Waals surface area contributed by atoms with E-state index in [9.17, 15) is 9.59 Å².